The van der Waals surface area contributed by atoms with Gasteiger partial charge in [-0.3, -0.25) is 0 Å². The summed E-state index contributed by atoms with van der Waals surface area (Å²) >= 11 is 7.82. The highest BCUT2D eigenvalue weighted by atomic mass is 35.5. The van der Waals surface area contributed by atoms with Gasteiger partial charge >= 0.3 is 0 Å². The molecule has 1 N–H and O–H groups in total. The Hall–Kier alpha value is -1.57. The van der Waals surface area contributed by atoms with E-state index in [1.165, 1.54) is 4.88 Å². The number of thiophene rings is 1. The molecule has 18 heavy (non-hydrogen) atoms. The fraction of sp³-hybridized carbons (Fsp3) is 0.231. The monoisotopic (exact) mass is 277 g/mol. The largest absolute Gasteiger partial charge is 0.366 e. The summed E-state index contributed by atoms with van der Waals surface area (Å²) in [7, 11) is 0. The molecule has 92 valence electrons. The lowest BCUT2D eigenvalue weighted by atomic mass is 10.2. The Balaban J connectivity index is 2.08. The van der Waals surface area contributed by atoms with Gasteiger partial charge in [0.2, 0.25) is 0 Å². The topological polar surface area (TPSA) is 48.7 Å². The van der Waals surface area contributed by atoms with Crippen molar-refractivity contribution in [1.82, 2.24) is 4.98 Å². The number of nitriles is 1. The Morgan fingerprint density at radius 3 is 3.06 bits per heavy atom. The third-order valence-corrected chi connectivity index (χ3v) is 3.76. The van der Waals surface area contributed by atoms with Crippen molar-refractivity contribution in [2.75, 3.05) is 5.32 Å². The summed E-state index contributed by atoms with van der Waals surface area (Å²) < 4.78 is 0. The van der Waals surface area contributed by atoms with Gasteiger partial charge in [0.25, 0.3) is 0 Å². The van der Waals surface area contributed by atoms with E-state index in [1.807, 2.05) is 12.1 Å². The van der Waals surface area contributed by atoms with Gasteiger partial charge in [-0.15, -0.1) is 11.3 Å². The number of rotatable bonds is 4. The van der Waals surface area contributed by atoms with Crippen molar-refractivity contribution in [1.29, 1.82) is 5.26 Å². The maximum atomic E-state index is 8.90. The van der Waals surface area contributed by atoms with Crippen LogP contribution in [-0.2, 0) is 6.42 Å². The van der Waals surface area contributed by atoms with Gasteiger partial charge in [-0.05, 0) is 24.4 Å². The van der Waals surface area contributed by atoms with Gasteiger partial charge in [-0.25, -0.2) is 4.98 Å². The summed E-state index contributed by atoms with van der Waals surface area (Å²) in [6.07, 6.45) is 2.50. The van der Waals surface area contributed by atoms with Gasteiger partial charge in [0.15, 0.2) is 0 Å². The van der Waals surface area contributed by atoms with Gasteiger partial charge in [0.1, 0.15) is 16.9 Å². The molecule has 2 heterocycles. The van der Waals surface area contributed by atoms with E-state index in [9.17, 15) is 0 Å². The lowest BCUT2D eigenvalue weighted by molar-refractivity contribution is 0.794. The summed E-state index contributed by atoms with van der Waals surface area (Å²) in [5, 5.41) is 14.6. The van der Waals surface area contributed by atoms with Gasteiger partial charge in [-0.2, -0.15) is 5.26 Å². The summed E-state index contributed by atoms with van der Waals surface area (Å²) in [4.78, 5) is 5.47. The minimum absolute atomic E-state index is 0.211. The van der Waals surface area contributed by atoms with Crippen LogP contribution in [-0.4, -0.2) is 11.0 Å². The Kier molecular flexibility index (Phi) is 4.19. The maximum absolute atomic E-state index is 8.90. The molecule has 1 atom stereocenters. The number of halogens is 1. The van der Waals surface area contributed by atoms with Crippen molar-refractivity contribution < 1.29 is 0 Å². The third-order valence-electron chi connectivity index (χ3n) is 2.48. The average molecular weight is 278 g/mol. The van der Waals surface area contributed by atoms with Crippen molar-refractivity contribution in [2.24, 2.45) is 0 Å². The predicted molar refractivity (Wildman–Crippen MR) is 75.1 cm³/mol. The average Bonchev–Trinajstić information content (AvgIpc) is 2.84. The molecule has 1 unspecified atom stereocenters. The predicted octanol–water partition coefficient (Wildman–Crippen LogP) is 3.71. The van der Waals surface area contributed by atoms with Crippen LogP contribution in [0.5, 0.6) is 0 Å². The van der Waals surface area contributed by atoms with Crippen LogP contribution >= 0.6 is 22.9 Å². The molecule has 3 nitrogen and oxygen atoms in total. The molecule has 0 aliphatic carbocycles. The highest BCUT2D eigenvalue weighted by molar-refractivity contribution is 7.09. The zero-order valence-electron chi connectivity index (χ0n) is 9.85. The van der Waals surface area contributed by atoms with E-state index in [2.05, 4.69) is 28.7 Å². The summed E-state index contributed by atoms with van der Waals surface area (Å²) in [6.45, 7) is 2.07. The Labute approximate surface area is 115 Å². The first kappa shape index (κ1) is 12.9. The molecule has 0 fully saturated rings. The second kappa shape index (κ2) is 5.85. The van der Waals surface area contributed by atoms with Crippen LogP contribution in [0.2, 0.25) is 5.02 Å². The molecule has 0 saturated heterocycles. The van der Waals surface area contributed by atoms with Gasteiger partial charge in [0, 0.05) is 23.5 Å². The lowest BCUT2D eigenvalue weighted by Gasteiger charge is -2.14. The molecular weight excluding hydrogens is 266 g/mol. The summed E-state index contributed by atoms with van der Waals surface area (Å²) in [5.74, 6) is 0.569. The van der Waals surface area contributed by atoms with E-state index < -0.39 is 0 Å². The first-order valence-electron chi connectivity index (χ1n) is 5.54. The van der Waals surface area contributed by atoms with Gasteiger partial charge in [-0.1, -0.05) is 17.7 Å². The number of aromatic nitrogens is 1. The molecule has 2 aromatic heterocycles. The van der Waals surface area contributed by atoms with E-state index in [0.29, 0.717) is 16.4 Å². The Bertz CT molecular complexity index is 560. The molecule has 0 saturated carbocycles. The summed E-state index contributed by atoms with van der Waals surface area (Å²) in [5.41, 5.74) is 0.442. The number of nitrogens with one attached hydrogen (secondary N) is 1. The number of hydrogen-bond donors (Lipinski definition) is 1. The minimum Gasteiger partial charge on any atom is -0.366 e. The van der Waals surface area contributed by atoms with E-state index in [0.717, 1.165) is 6.42 Å². The molecular formula is C13H12ClN3S. The van der Waals surface area contributed by atoms with Crippen LogP contribution < -0.4 is 5.32 Å². The van der Waals surface area contributed by atoms with Crippen LogP contribution in [0, 0.1) is 11.3 Å². The lowest BCUT2D eigenvalue weighted by Crippen LogP contribution is -2.18. The van der Waals surface area contributed by atoms with Gasteiger partial charge in [0.05, 0.1) is 5.56 Å². The van der Waals surface area contributed by atoms with E-state index in [-0.39, 0.29) is 6.04 Å². The standard InChI is InChI=1S/C13H12ClN3S/c1-9(7-11-3-2-6-18-11)17-13-12(14)10(8-15)4-5-16-13/h2-6,9H,7H2,1H3,(H,16,17). The second-order valence-corrected chi connectivity index (χ2v) is 5.37. The molecule has 0 bridgehead atoms. The van der Waals surface area contributed by atoms with Crippen LogP contribution in [0.15, 0.2) is 29.8 Å². The van der Waals surface area contributed by atoms with E-state index >= 15 is 0 Å². The van der Waals surface area contributed by atoms with Crippen molar-refractivity contribution in [3.05, 3.63) is 45.2 Å². The fourth-order valence-corrected chi connectivity index (χ4v) is 2.69. The SMILES string of the molecule is CC(Cc1cccs1)Nc1nccc(C#N)c1Cl. The zero-order valence-corrected chi connectivity index (χ0v) is 11.4. The Morgan fingerprint density at radius 2 is 2.39 bits per heavy atom. The maximum Gasteiger partial charge on any atom is 0.146 e. The number of pyridine rings is 1. The molecule has 0 aromatic carbocycles. The quantitative estimate of drug-likeness (QED) is 0.927. The normalized spacial score (nSPS) is 11.8. The number of anilines is 1. The molecule has 0 aliphatic heterocycles. The summed E-state index contributed by atoms with van der Waals surface area (Å²) in [6, 6.07) is 8.00. The fourth-order valence-electron chi connectivity index (χ4n) is 1.65. The number of hydrogen-bond acceptors (Lipinski definition) is 4. The Morgan fingerprint density at radius 1 is 1.56 bits per heavy atom. The molecule has 0 amide bonds. The molecule has 2 aromatic rings. The first-order chi connectivity index (χ1) is 8.70. The van der Waals surface area contributed by atoms with E-state index in [4.69, 9.17) is 16.9 Å². The molecule has 0 aliphatic rings. The molecule has 2 rings (SSSR count). The molecule has 0 radical (unpaired) electrons. The van der Waals surface area contributed by atoms with Crippen molar-refractivity contribution in [3.8, 4) is 6.07 Å². The van der Waals surface area contributed by atoms with Crippen molar-refractivity contribution in [3.63, 3.8) is 0 Å². The molecule has 0 spiro atoms. The van der Waals surface area contributed by atoms with Crippen LogP contribution in [0.4, 0.5) is 5.82 Å². The second-order valence-electron chi connectivity index (χ2n) is 3.96. The van der Waals surface area contributed by atoms with Crippen LogP contribution in [0.1, 0.15) is 17.4 Å². The van der Waals surface area contributed by atoms with E-state index in [1.54, 1.807) is 23.6 Å². The van der Waals surface area contributed by atoms with Crippen LogP contribution in [0.25, 0.3) is 0 Å². The van der Waals surface area contributed by atoms with Crippen molar-refractivity contribution in [2.45, 2.75) is 19.4 Å². The highest BCUT2D eigenvalue weighted by Gasteiger charge is 2.10. The highest BCUT2D eigenvalue weighted by Crippen LogP contribution is 2.24. The minimum atomic E-state index is 0.211. The first-order valence-corrected chi connectivity index (χ1v) is 6.80. The smallest absolute Gasteiger partial charge is 0.146 e. The molecule has 5 heteroatoms. The third kappa shape index (κ3) is 3.00. The van der Waals surface area contributed by atoms with Crippen LogP contribution in [0.3, 0.4) is 0 Å². The zero-order chi connectivity index (χ0) is 13.0. The van der Waals surface area contributed by atoms with Gasteiger partial charge < -0.3 is 5.32 Å². The van der Waals surface area contributed by atoms with Crippen molar-refractivity contribution >= 4 is 28.8 Å². The number of nitrogens with zero attached hydrogens (tertiary/aromatic N) is 2.